The lowest BCUT2D eigenvalue weighted by atomic mass is 9.73. The van der Waals surface area contributed by atoms with Crippen LogP contribution in [0.3, 0.4) is 0 Å². The largest absolute Gasteiger partial charge is 0.228 e. The van der Waals surface area contributed by atoms with Gasteiger partial charge in [-0.3, -0.25) is 0 Å². The molecule has 1 unspecified atom stereocenters. The van der Waals surface area contributed by atoms with E-state index in [4.69, 9.17) is 9.97 Å². The van der Waals surface area contributed by atoms with Crippen LogP contribution in [-0.2, 0) is 5.41 Å². The molecule has 0 saturated carbocycles. The molecule has 1 atom stereocenters. The summed E-state index contributed by atoms with van der Waals surface area (Å²) >= 11 is 0. The maximum Gasteiger partial charge on any atom is 0.160 e. The molecule has 0 spiro atoms. The molecule has 46 heavy (non-hydrogen) atoms. The molecule has 1 heterocycles. The third kappa shape index (κ3) is 3.97. The minimum atomic E-state index is -0.400. The van der Waals surface area contributed by atoms with Gasteiger partial charge in [0.15, 0.2) is 5.82 Å². The van der Waals surface area contributed by atoms with Gasteiger partial charge in [0.1, 0.15) is 0 Å². The van der Waals surface area contributed by atoms with Crippen LogP contribution in [0.5, 0.6) is 0 Å². The second-order valence-corrected chi connectivity index (χ2v) is 12.3. The zero-order chi connectivity index (χ0) is 30.7. The molecule has 0 amide bonds. The Kier molecular flexibility index (Phi) is 5.97. The predicted molar refractivity (Wildman–Crippen MR) is 191 cm³/mol. The second kappa shape index (κ2) is 10.4. The standard InChI is InChI=1S/C44H30N2/c1-44(34-20-6-3-7-21-34)38-25-11-10-23-37(38)42-40(44)41(31-15-4-2-5-16-31)45-43(46-42)33-19-12-18-32(28-33)36-24-13-17-30-27-26-29-14-8-9-22-35(29)39(30)36/h2-28H,1H3. The van der Waals surface area contributed by atoms with Crippen molar-refractivity contribution in [3.8, 4) is 45.0 Å². The van der Waals surface area contributed by atoms with Gasteiger partial charge in [-0.05, 0) is 56.8 Å². The summed E-state index contributed by atoms with van der Waals surface area (Å²) in [5.41, 5.74) is 10.9. The Morgan fingerprint density at radius 3 is 1.93 bits per heavy atom. The van der Waals surface area contributed by atoms with Crippen LogP contribution in [0.2, 0.25) is 0 Å². The van der Waals surface area contributed by atoms with Crippen LogP contribution >= 0.6 is 0 Å². The molecule has 216 valence electrons. The number of aromatic nitrogens is 2. The normalized spacial score (nSPS) is 15.2. The summed E-state index contributed by atoms with van der Waals surface area (Å²) in [6.07, 6.45) is 0. The molecule has 8 aromatic rings. The van der Waals surface area contributed by atoms with E-state index in [-0.39, 0.29) is 0 Å². The van der Waals surface area contributed by atoms with E-state index in [1.165, 1.54) is 43.8 Å². The van der Waals surface area contributed by atoms with Gasteiger partial charge in [-0.25, -0.2) is 9.97 Å². The van der Waals surface area contributed by atoms with Crippen molar-refractivity contribution in [3.63, 3.8) is 0 Å². The van der Waals surface area contributed by atoms with Gasteiger partial charge in [0.05, 0.1) is 11.4 Å². The van der Waals surface area contributed by atoms with Crippen molar-refractivity contribution in [2.45, 2.75) is 12.3 Å². The van der Waals surface area contributed by atoms with Crippen molar-refractivity contribution < 1.29 is 0 Å². The molecule has 0 aliphatic heterocycles. The first-order chi connectivity index (χ1) is 22.7. The van der Waals surface area contributed by atoms with E-state index in [1.54, 1.807) is 0 Å². The summed E-state index contributed by atoms with van der Waals surface area (Å²) < 4.78 is 0. The van der Waals surface area contributed by atoms with E-state index >= 15 is 0 Å². The van der Waals surface area contributed by atoms with Crippen LogP contribution in [-0.4, -0.2) is 9.97 Å². The van der Waals surface area contributed by atoms with Gasteiger partial charge in [0, 0.05) is 27.7 Å². The monoisotopic (exact) mass is 586 g/mol. The van der Waals surface area contributed by atoms with Gasteiger partial charge in [0.25, 0.3) is 0 Å². The molecule has 2 nitrogen and oxygen atoms in total. The Morgan fingerprint density at radius 1 is 0.457 bits per heavy atom. The van der Waals surface area contributed by atoms with Gasteiger partial charge >= 0.3 is 0 Å². The molecule has 0 fully saturated rings. The third-order valence-corrected chi connectivity index (χ3v) is 9.73. The Morgan fingerprint density at radius 2 is 1.07 bits per heavy atom. The van der Waals surface area contributed by atoms with Crippen molar-refractivity contribution in [1.82, 2.24) is 9.97 Å². The molecule has 7 aromatic carbocycles. The van der Waals surface area contributed by atoms with Gasteiger partial charge in [0.2, 0.25) is 0 Å². The van der Waals surface area contributed by atoms with E-state index in [2.05, 4.69) is 171 Å². The van der Waals surface area contributed by atoms with Gasteiger partial charge in [-0.2, -0.15) is 0 Å². The molecule has 0 bridgehead atoms. The summed E-state index contributed by atoms with van der Waals surface area (Å²) in [4.78, 5) is 10.8. The number of hydrogen-bond acceptors (Lipinski definition) is 2. The van der Waals surface area contributed by atoms with E-state index in [9.17, 15) is 0 Å². The van der Waals surface area contributed by atoms with Crippen molar-refractivity contribution in [2.75, 3.05) is 0 Å². The van der Waals surface area contributed by atoms with E-state index in [0.717, 1.165) is 39.5 Å². The molecule has 1 aromatic heterocycles. The predicted octanol–water partition coefficient (Wildman–Crippen LogP) is 11.1. The first kappa shape index (κ1) is 26.5. The average Bonchev–Trinajstić information content (AvgIpc) is 3.40. The quantitative estimate of drug-likeness (QED) is 0.192. The average molecular weight is 587 g/mol. The maximum absolute atomic E-state index is 5.42. The molecule has 1 aliphatic rings. The summed E-state index contributed by atoms with van der Waals surface area (Å²) in [6.45, 7) is 2.33. The van der Waals surface area contributed by atoms with Gasteiger partial charge < -0.3 is 0 Å². The van der Waals surface area contributed by atoms with Crippen molar-refractivity contribution in [1.29, 1.82) is 0 Å². The lowest BCUT2D eigenvalue weighted by molar-refractivity contribution is 0.710. The molecular formula is C44H30N2. The molecule has 9 rings (SSSR count). The van der Waals surface area contributed by atoms with Gasteiger partial charge in [-0.15, -0.1) is 0 Å². The Bertz CT molecular complexity index is 2430. The lowest BCUT2D eigenvalue weighted by Gasteiger charge is -2.29. The number of rotatable bonds is 4. The van der Waals surface area contributed by atoms with Crippen LogP contribution in [0.4, 0.5) is 0 Å². The van der Waals surface area contributed by atoms with Crippen molar-refractivity contribution in [2.24, 2.45) is 0 Å². The topological polar surface area (TPSA) is 25.8 Å². The third-order valence-electron chi connectivity index (χ3n) is 9.73. The first-order valence-electron chi connectivity index (χ1n) is 15.8. The fourth-order valence-electron chi connectivity index (χ4n) is 7.52. The summed E-state index contributed by atoms with van der Waals surface area (Å²) in [6, 6.07) is 58.5. The zero-order valence-electron chi connectivity index (χ0n) is 25.5. The number of fused-ring (bicyclic) bond motifs is 6. The second-order valence-electron chi connectivity index (χ2n) is 12.3. The molecule has 0 radical (unpaired) electrons. The number of nitrogens with zero attached hydrogens (tertiary/aromatic N) is 2. The van der Waals surface area contributed by atoms with E-state index in [1.807, 2.05) is 0 Å². The van der Waals surface area contributed by atoms with Crippen LogP contribution in [0, 0.1) is 0 Å². The SMILES string of the molecule is CC1(c2ccccc2)c2ccccc2-c2nc(-c3cccc(-c4cccc5ccc6ccccc6c45)c3)nc(-c3ccccc3)c21. The fraction of sp³-hybridized carbons (Fsp3) is 0.0455. The van der Waals surface area contributed by atoms with Crippen LogP contribution in [0.25, 0.3) is 66.6 Å². The first-order valence-corrected chi connectivity index (χ1v) is 15.8. The Labute approximate surface area is 268 Å². The fourth-order valence-corrected chi connectivity index (χ4v) is 7.52. The van der Waals surface area contributed by atoms with Crippen LogP contribution in [0.15, 0.2) is 164 Å². The summed E-state index contributed by atoms with van der Waals surface area (Å²) in [5, 5.41) is 5.01. The molecule has 2 heteroatoms. The highest BCUT2D eigenvalue weighted by Gasteiger charge is 2.44. The van der Waals surface area contributed by atoms with Crippen molar-refractivity contribution >= 4 is 21.5 Å². The highest BCUT2D eigenvalue weighted by molar-refractivity contribution is 6.14. The lowest BCUT2D eigenvalue weighted by Crippen LogP contribution is -2.24. The van der Waals surface area contributed by atoms with Gasteiger partial charge in [-0.1, -0.05) is 158 Å². The minimum Gasteiger partial charge on any atom is -0.228 e. The highest BCUT2D eigenvalue weighted by Crippen LogP contribution is 2.54. The maximum atomic E-state index is 5.42. The Balaban J connectivity index is 1.30. The number of benzene rings is 7. The summed E-state index contributed by atoms with van der Waals surface area (Å²) in [5.74, 6) is 0.733. The smallest absolute Gasteiger partial charge is 0.160 e. The zero-order valence-corrected chi connectivity index (χ0v) is 25.5. The minimum absolute atomic E-state index is 0.400. The van der Waals surface area contributed by atoms with E-state index in [0.29, 0.717) is 0 Å². The summed E-state index contributed by atoms with van der Waals surface area (Å²) in [7, 11) is 0. The van der Waals surface area contributed by atoms with Crippen LogP contribution < -0.4 is 0 Å². The van der Waals surface area contributed by atoms with E-state index < -0.39 is 5.41 Å². The Hall–Kier alpha value is -5.86. The highest BCUT2D eigenvalue weighted by atomic mass is 14.9. The van der Waals surface area contributed by atoms with Crippen molar-refractivity contribution in [3.05, 3.63) is 180 Å². The molecule has 0 N–H and O–H groups in total. The van der Waals surface area contributed by atoms with Crippen LogP contribution in [0.1, 0.15) is 23.6 Å². The molecule has 1 aliphatic carbocycles. The number of hydrogen-bond donors (Lipinski definition) is 0. The molecular weight excluding hydrogens is 556 g/mol. The molecule has 0 saturated heterocycles.